The number of alkyl halides is 3. The van der Waals surface area contributed by atoms with Crippen LogP contribution in [0, 0.1) is 0 Å². The van der Waals surface area contributed by atoms with Crippen LogP contribution in [0.15, 0.2) is 0 Å². The molecule has 0 aliphatic rings. The topological polar surface area (TPSA) is 60.4 Å². The number of aliphatic hydroxyl groups is 1. The molecule has 0 amide bonds. The van der Waals surface area contributed by atoms with Crippen LogP contribution >= 0.6 is 0 Å². The Hall–Kier alpha value is -0.183. The Bertz CT molecular complexity index is 123. The summed E-state index contributed by atoms with van der Waals surface area (Å²) >= 11 is 0. The van der Waals surface area contributed by atoms with Crippen molar-refractivity contribution in [3.05, 3.63) is 0 Å². The van der Waals surface area contributed by atoms with Gasteiger partial charge in [-0.05, 0) is 0 Å². The quantitative estimate of drug-likeness (QED) is 0.384. The molecule has 0 heterocycles. The number of halogens is 3. The van der Waals surface area contributed by atoms with Crippen molar-refractivity contribution < 1.29 is 47.0 Å². The van der Waals surface area contributed by atoms with E-state index in [0.717, 1.165) is 0 Å². The van der Waals surface area contributed by atoms with E-state index < -0.39 is 18.2 Å². The Kier molecular flexibility index (Phi) is 4.82. The summed E-state index contributed by atoms with van der Waals surface area (Å²) in [5.41, 5.74) is 0. The Morgan fingerprint density at radius 2 is 1.80 bits per heavy atom. The minimum absolute atomic E-state index is 0. The number of hydrogen-bond donors (Lipinski definition) is 1. The Balaban J connectivity index is 0. The summed E-state index contributed by atoms with van der Waals surface area (Å²) in [7, 11) is 0. The number of carboxylic acids is 1. The van der Waals surface area contributed by atoms with Crippen LogP contribution in [0.4, 0.5) is 13.2 Å². The summed E-state index contributed by atoms with van der Waals surface area (Å²) in [6.45, 7) is 0. The van der Waals surface area contributed by atoms with E-state index in [2.05, 4.69) is 0 Å². The average Bonchev–Trinajstić information content (AvgIpc) is 1.62. The SMILES string of the molecule is O=C([O-])C(O)C(F)(F)F.[Li+]. The standard InChI is InChI=1S/C3H3F3O3.Li/c4-3(5,6)1(7)2(8)9;/h1,7H,(H,8,9);/q;+1/p-1. The summed E-state index contributed by atoms with van der Waals surface area (Å²) in [6.07, 6.45) is -8.50. The number of hydrogen-bond acceptors (Lipinski definition) is 3. The Labute approximate surface area is 66.0 Å². The van der Waals surface area contributed by atoms with E-state index >= 15 is 0 Å². The van der Waals surface area contributed by atoms with Gasteiger partial charge in [-0.3, -0.25) is 0 Å². The van der Waals surface area contributed by atoms with Gasteiger partial charge < -0.3 is 15.0 Å². The maximum atomic E-state index is 11.0. The molecular formula is C3H2F3LiO3. The fraction of sp³-hybridized carbons (Fsp3) is 0.667. The van der Waals surface area contributed by atoms with Gasteiger partial charge in [0.15, 0.2) is 6.10 Å². The van der Waals surface area contributed by atoms with Crippen molar-refractivity contribution in [3.8, 4) is 0 Å². The molecule has 0 saturated carbocycles. The zero-order valence-electron chi connectivity index (χ0n) is 4.97. The van der Waals surface area contributed by atoms with Crippen molar-refractivity contribution in [2.75, 3.05) is 0 Å². The molecule has 0 aromatic heterocycles. The van der Waals surface area contributed by atoms with Crippen molar-refractivity contribution >= 4 is 5.97 Å². The first-order chi connectivity index (χ1) is 3.85. The molecule has 10 heavy (non-hydrogen) atoms. The van der Waals surface area contributed by atoms with Crippen molar-refractivity contribution in [1.29, 1.82) is 0 Å². The van der Waals surface area contributed by atoms with Gasteiger partial charge >= 0.3 is 25.0 Å². The molecule has 1 unspecified atom stereocenters. The molecule has 54 valence electrons. The van der Waals surface area contributed by atoms with Crippen molar-refractivity contribution in [2.45, 2.75) is 12.3 Å². The fourth-order valence-corrected chi connectivity index (χ4v) is 0.134. The van der Waals surface area contributed by atoms with Gasteiger partial charge in [-0.1, -0.05) is 0 Å². The molecule has 3 nitrogen and oxygen atoms in total. The van der Waals surface area contributed by atoms with Crippen LogP contribution in [0.5, 0.6) is 0 Å². The number of aliphatic carboxylic acids is 1. The number of carbonyl (C=O) groups excluding carboxylic acids is 1. The minimum Gasteiger partial charge on any atom is -0.547 e. The molecule has 1 N–H and O–H groups in total. The van der Waals surface area contributed by atoms with Crippen molar-refractivity contribution in [1.82, 2.24) is 0 Å². The third kappa shape index (κ3) is 3.77. The van der Waals surface area contributed by atoms with Crippen LogP contribution < -0.4 is 24.0 Å². The van der Waals surface area contributed by atoms with Crippen LogP contribution in [-0.2, 0) is 4.79 Å². The smallest absolute Gasteiger partial charge is 0.547 e. The van der Waals surface area contributed by atoms with Gasteiger partial charge in [-0.15, -0.1) is 0 Å². The van der Waals surface area contributed by atoms with Crippen LogP contribution in [0.2, 0.25) is 0 Å². The predicted molar refractivity (Wildman–Crippen MR) is 17.1 cm³/mol. The maximum absolute atomic E-state index is 11.0. The van der Waals surface area contributed by atoms with Gasteiger partial charge in [0.25, 0.3) is 0 Å². The van der Waals surface area contributed by atoms with E-state index in [-0.39, 0.29) is 18.9 Å². The fourth-order valence-electron chi connectivity index (χ4n) is 0.134. The van der Waals surface area contributed by atoms with Gasteiger partial charge in [0.05, 0.1) is 5.97 Å². The van der Waals surface area contributed by atoms with Crippen molar-refractivity contribution in [2.24, 2.45) is 0 Å². The second kappa shape index (κ2) is 3.86. The molecule has 0 fully saturated rings. The Morgan fingerprint density at radius 1 is 1.50 bits per heavy atom. The largest absolute Gasteiger partial charge is 1.00 e. The molecule has 0 spiro atoms. The molecular weight excluding hydrogens is 148 g/mol. The summed E-state index contributed by atoms with van der Waals surface area (Å²) in [5, 5.41) is 16.9. The van der Waals surface area contributed by atoms with Crippen LogP contribution in [-0.4, -0.2) is 23.4 Å². The van der Waals surface area contributed by atoms with Gasteiger partial charge in [0.1, 0.15) is 0 Å². The summed E-state index contributed by atoms with van der Waals surface area (Å²) < 4.78 is 33.1. The normalized spacial score (nSPS) is 13.6. The third-order valence-corrected chi connectivity index (χ3v) is 0.533. The Morgan fingerprint density at radius 3 is 1.80 bits per heavy atom. The molecule has 1 atom stereocenters. The van der Waals surface area contributed by atoms with Gasteiger partial charge in [0.2, 0.25) is 0 Å². The molecule has 0 aromatic rings. The molecule has 0 aliphatic heterocycles. The number of carboxylic acid groups (broad SMARTS) is 1. The summed E-state index contributed by atoms with van der Waals surface area (Å²) in [4.78, 5) is 9.26. The number of aliphatic hydroxyl groups excluding tert-OH is 1. The second-order valence-corrected chi connectivity index (χ2v) is 1.26. The zero-order valence-corrected chi connectivity index (χ0v) is 4.97. The molecule has 0 aliphatic carbocycles. The maximum Gasteiger partial charge on any atom is 1.00 e. The first-order valence-corrected chi connectivity index (χ1v) is 1.81. The molecule has 7 heteroatoms. The number of rotatable bonds is 1. The molecule has 0 bridgehead atoms. The van der Waals surface area contributed by atoms with Gasteiger partial charge in [-0.25, -0.2) is 0 Å². The molecule has 0 radical (unpaired) electrons. The summed E-state index contributed by atoms with van der Waals surface area (Å²) in [6, 6.07) is 0. The van der Waals surface area contributed by atoms with E-state index in [1.54, 1.807) is 0 Å². The molecule has 0 saturated heterocycles. The minimum atomic E-state index is -5.13. The molecule has 0 aromatic carbocycles. The van der Waals surface area contributed by atoms with E-state index in [1.165, 1.54) is 0 Å². The van der Waals surface area contributed by atoms with Crippen LogP contribution in [0.25, 0.3) is 0 Å². The van der Waals surface area contributed by atoms with Gasteiger partial charge in [-0.2, -0.15) is 13.2 Å². The first kappa shape index (κ1) is 12.5. The average molecular weight is 150 g/mol. The van der Waals surface area contributed by atoms with E-state index in [9.17, 15) is 23.1 Å². The van der Waals surface area contributed by atoms with E-state index in [0.29, 0.717) is 0 Å². The monoisotopic (exact) mass is 150 g/mol. The van der Waals surface area contributed by atoms with E-state index in [1.807, 2.05) is 0 Å². The van der Waals surface area contributed by atoms with Crippen LogP contribution in [0.1, 0.15) is 0 Å². The van der Waals surface area contributed by atoms with Gasteiger partial charge in [0, 0.05) is 0 Å². The first-order valence-electron chi connectivity index (χ1n) is 1.81. The second-order valence-electron chi connectivity index (χ2n) is 1.26. The van der Waals surface area contributed by atoms with E-state index in [4.69, 9.17) is 5.11 Å². The third-order valence-electron chi connectivity index (χ3n) is 0.533. The predicted octanol–water partition coefficient (Wildman–Crippen LogP) is -4.34. The summed E-state index contributed by atoms with van der Waals surface area (Å²) in [5.74, 6) is -2.54. The zero-order chi connectivity index (χ0) is 7.65. The number of carbonyl (C=O) groups is 1. The van der Waals surface area contributed by atoms with Crippen molar-refractivity contribution in [3.63, 3.8) is 0 Å². The molecule has 0 rings (SSSR count). The van der Waals surface area contributed by atoms with Crippen LogP contribution in [0.3, 0.4) is 0 Å².